The molecule has 3 rings (SSSR count). The summed E-state index contributed by atoms with van der Waals surface area (Å²) in [5.41, 5.74) is 0.723. The average molecular weight is 413 g/mol. The second kappa shape index (κ2) is 6.98. The molecule has 2 fully saturated rings. The molecule has 2 saturated carbocycles. The van der Waals surface area contributed by atoms with Gasteiger partial charge in [-0.2, -0.15) is 0 Å². The molecule has 0 saturated heterocycles. The summed E-state index contributed by atoms with van der Waals surface area (Å²) in [5, 5.41) is 2.74. The number of fused-ring (bicyclic) bond motifs is 2. The molecule has 4 nitrogen and oxygen atoms in total. The highest BCUT2D eigenvalue weighted by molar-refractivity contribution is 14.1. The maximum Gasteiger partial charge on any atom is 0.306 e. The minimum atomic E-state index is -0.289. The number of ether oxygens (including phenoxy) is 1. The van der Waals surface area contributed by atoms with E-state index in [9.17, 15) is 9.59 Å². The highest BCUT2D eigenvalue weighted by Gasteiger charge is 2.40. The van der Waals surface area contributed by atoms with Gasteiger partial charge in [0.15, 0.2) is 6.61 Å². The summed E-state index contributed by atoms with van der Waals surface area (Å²) < 4.78 is 6.17. The predicted octanol–water partition coefficient (Wildman–Crippen LogP) is 3.60. The molecule has 2 aliphatic rings. The van der Waals surface area contributed by atoms with Gasteiger partial charge in [-0.25, -0.2) is 0 Å². The van der Waals surface area contributed by atoms with Gasteiger partial charge >= 0.3 is 5.97 Å². The molecule has 0 aliphatic heterocycles. The number of rotatable bonds is 5. The molecule has 0 radical (unpaired) electrons. The van der Waals surface area contributed by atoms with Crippen LogP contribution in [0.25, 0.3) is 0 Å². The molecule has 0 unspecified atom stereocenters. The predicted molar refractivity (Wildman–Crippen MR) is 92.3 cm³/mol. The van der Waals surface area contributed by atoms with Crippen molar-refractivity contribution in [3.05, 3.63) is 27.8 Å². The highest BCUT2D eigenvalue weighted by atomic mass is 127. The summed E-state index contributed by atoms with van der Waals surface area (Å²) in [5.74, 6) is 1.48. The fourth-order valence-corrected chi connectivity index (χ4v) is 4.35. The number of halogens is 1. The lowest BCUT2D eigenvalue weighted by Gasteiger charge is -2.20. The first-order valence-electron chi connectivity index (χ1n) is 7.81. The normalized spacial score (nSPS) is 26.0. The van der Waals surface area contributed by atoms with E-state index in [1.165, 1.54) is 19.3 Å². The van der Waals surface area contributed by atoms with Crippen LogP contribution in [-0.4, -0.2) is 18.5 Å². The lowest BCUT2D eigenvalue weighted by atomic mass is 9.86. The topological polar surface area (TPSA) is 55.4 Å². The Kier molecular flexibility index (Phi) is 5.00. The van der Waals surface area contributed by atoms with E-state index < -0.39 is 0 Å². The van der Waals surface area contributed by atoms with E-state index in [4.69, 9.17) is 4.74 Å². The molecule has 2 bridgehead atoms. The van der Waals surface area contributed by atoms with Gasteiger partial charge in [0.25, 0.3) is 5.91 Å². The number of nitrogens with one attached hydrogen (secondary N) is 1. The fraction of sp³-hybridized carbons (Fsp3) is 0.529. The van der Waals surface area contributed by atoms with Crippen molar-refractivity contribution in [1.82, 2.24) is 0 Å². The van der Waals surface area contributed by atoms with E-state index in [0.29, 0.717) is 18.3 Å². The lowest BCUT2D eigenvalue weighted by molar-refractivity contribution is -0.148. The van der Waals surface area contributed by atoms with Crippen molar-refractivity contribution in [2.45, 2.75) is 32.1 Å². The molecular weight excluding hydrogens is 393 g/mol. The van der Waals surface area contributed by atoms with Crippen molar-refractivity contribution in [2.24, 2.45) is 17.8 Å². The zero-order chi connectivity index (χ0) is 15.5. The first-order chi connectivity index (χ1) is 10.6. The van der Waals surface area contributed by atoms with Gasteiger partial charge in [-0.15, -0.1) is 0 Å². The molecule has 1 N–H and O–H groups in total. The van der Waals surface area contributed by atoms with Crippen molar-refractivity contribution in [2.75, 3.05) is 11.9 Å². The van der Waals surface area contributed by atoms with Crippen molar-refractivity contribution in [3.63, 3.8) is 0 Å². The molecule has 1 amide bonds. The number of hydrogen-bond acceptors (Lipinski definition) is 3. The molecule has 0 heterocycles. The van der Waals surface area contributed by atoms with Gasteiger partial charge in [0.05, 0.1) is 0 Å². The van der Waals surface area contributed by atoms with Crippen LogP contribution in [0.2, 0.25) is 0 Å². The van der Waals surface area contributed by atoms with Crippen LogP contribution in [-0.2, 0) is 14.3 Å². The van der Waals surface area contributed by atoms with E-state index in [1.54, 1.807) is 0 Å². The van der Waals surface area contributed by atoms with Gasteiger partial charge in [-0.1, -0.05) is 12.5 Å². The van der Waals surface area contributed by atoms with Crippen LogP contribution in [0, 0.1) is 21.3 Å². The van der Waals surface area contributed by atoms with E-state index in [2.05, 4.69) is 27.9 Å². The summed E-state index contributed by atoms with van der Waals surface area (Å²) >= 11 is 2.18. The van der Waals surface area contributed by atoms with Crippen LogP contribution in [0.1, 0.15) is 32.1 Å². The Bertz CT molecular complexity index is 575. The van der Waals surface area contributed by atoms with E-state index in [0.717, 1.165) is 21.6 Å². The van der Waals surface area contributed by atoms with E-state index >= 15 is 0 Å². The van der Waals surface area contributed by atoms with Crippen LogP contribution in [0.15, 0.2) is 24.3 Å². The molecule has 118 valence electrons. The second-order valence-corrected chi connectivity index (χ2v) is 7.60. The van der Waals surface area contributed by atoms with Gasteiger partial charge in [0.2, 0.25) is 0 Å². The van der Waals surface area contributed by atoms with Gasteiger partial charge in [-0.05, 0) is 77.8 Å². The minimum Gasteiger partial charge on any atom is -0.456 e. The standard InChI is InChI=1S/C17H20INO3/c18-14-2-1-3-15(9-14)19-16(20)10-22-17(21)8-13-7-11-4-5-12(13)6-11/h1-3,9,11-13H,4-8,10H2,(H,19,20)/t11-,12+,13+/m0/s1. The molecule has 1 aromatic rings. The van der Waals surface area contributed by atoms with Crippen LogP contribution >= 0.6 is 22.6 Å². The third kappa shape index (κ3) is 4.00. The summed E-state index contributed by atoms with van der Waals surface area (Å²) in [7, 11) is 0. The van der Waals surface area contributed by atoms with Crippen LogP contribution in [0.3, 0.4) is 0 Å². The summed E-state index contributed by atoms with van der Waals surface area (Å²) in [4.78, 5) is 23.7. The van der Waals surface area contributed by atoms with Gasteiger partial charge in [0, 0.05) is 15.7 Å². The molecule has 3 atom stereocenters. The Morgan fingerprint density at radius 1 is 1.27 bits per heavy atom. The third-order valence-corrected chi connectivity index (χ3v) is 5.46. The zero-order valence-electron chi connectivity index (χ0n) is 12.4. The first-order valence-corrected chi connectivity index (χ1v) is 8.89. The van der Waals surface area contributed by atoms with Crippen molar-refractivity contribution in [1.29, 1.82) is 0 Å². The van der Waals surface area contributed by atoms with Gasteiger partial charge < -0.3 is 10.1 Å². The van der Waals surface area contributed by atoms with Crippen LogP contribution in [0.5, 0.6) is 0 Å². The van der Waals surface area contributed by atoms with E-state index in [1.807, 2.05) is 24.3 Å². The van der Waals surface area contributed by atoms with Crippen LogP contribution in [0.4, 0.5) is 5.69 Å². The summed E-state index contributed by atoms with van der Waals surface area (Å²) in [6, 6.07) is 7.51. The lowest BCUT2D eigenvalue weighted by Crippen LogP contribution is -2.23. The van der Waals surface area contributed by atoms with Crippen molar-refractivity contribution >= 4 is 40.2 Å². The number of carbonyl (C=O) groups is 2. The third-order valence-electron chi connectivity index (χ3n) is 4.79. The number of esters is 1. The molecular formula is C17H20INO3. The molecule has 22 heavy (non-hydrogen) atoms. The monoisotopic (exact) mass is 413 g/mol. The average Bonchev–Trinajstić information content (AvgIpc) is 3.08. The minimum absolute atomic E-state index is 0.203. The fourth-order valence-electron chi connectivity index (χ4n) is 3.81. The molecule has 1 aromatic carbocycles. The number of hydrogen-bond donors (Lipinski definition) is 1. The Balaban J connectivity index is 1.40. The first kappa shape index (κ1) is 15.8. The molecule has 0 spiro atoms. The Labute approximate surface area is 144 Å². The number of benzene rings is 1. The summed E-state index contributed by atoms with van der Waals surface area (Å²) in [6.45, 7) is -0.203. The second-order valence-electron chi connectivity index (χ2n) is 6.36. The number of anilines is 1. The SMILES string of the molecule is O=C(COC(=O)C[C@H]1C[C@H]2CC[C@@H]1C2)Nc1cccc(I)c1. The quantitative estimate of drug-likeness (QED) is 0.593. The smallest absolute Gasteiger partial charge is 0.306 e. The Morgan fingerprint density at radius 3 is 2.82 bits per heavy atom. The molecule has 5 heteroatoms. The highest BCUT2D eigenvalue weighted by Crippen LogP contribution is 2.49. The largest absolute Gasteiger partial charge is 0.456 e. The van der Waals surface area contributed by atoms with E-state index in [-0.39, 0.29) is 18.5 Å². The number of carbonyl (C=O) groups excluding carboxylic acids is 2. The van der Waals surface area contributed by atoms with Gasteiger partial charge in [0.1, 0.15) is 0 Å². The van der Waals surface area contributed by atoms with Crippen molar-refractivity contribution in [3.8, 4) is 0 Å². The maximum atomic E-state index is 11.9. The molecule has 0 aromatic heterocycles. The maximum absolute atomic E-state index is 11.9. The number of amides is 1. The Morgan fingerprint density at radius 2 is 2.14 bits per heavy atom. The molecule has 2 aliphatic carbocycles. The van der Waals surface area contributed by atoms with Gasteiger partial charge in [-0.3, -0.25) is 9.59 Å². The summed E-state index contributed by atoms with van der Waals surface area (Å²) in [6.07, 6.45) is 5.50. The Hall–Kier alpha value is -1.11. The zero-order valence-corrected chi connectivity index (χ0v) is 14.5. The van der Waals surface area contributed by atoms with Crippen molar-refractivity contribution < 1.29 is 14.3 Å². The van der Waals surface area contributed by atoms with Crippen LogP contribution < -0.4 is 5.32 Å².